The van der Waals surface area contributed by atoms with Gasteiger partial charge in [-0.05, 0) is 19.9 Å². The molecule has 0 aliphatic carbocycles. The lowest BCUT2D eigenvalue weighted by atomic mass is 10.0. The van der Waals surface area contributed by atoms with Gasteiger partial charge in [-0.3, -0.25) is 9.59 Å². The topological polar surface area (TPSA) is 61.8 Å². The molecule has 0 aliphatic heterocycles. The third-order valence-electron chi connectivity index (χ3n) is 2.97. The molecule has 0 fully saturated rings. The maximum Gasteiger partial charge on any atom is 0.308 e. The molecule has 0 spiro atoms. The number of benzene rings is 2. The van der Waals surface area contributed by atoms with E-state index in [4.69, 9.17) is 14.2 Å². The van der Waals surface area contributed by atoms with Crippen LogP contribution in [0.4, 0.5) is 0 Å². The number of ether oxygens (including phenoxy) is 3. The van der Waals surface area contributed by atoms with Gasteiger partial charge in [0.25, 0.3) is 0 Å². The summed E-state index contributed by atoms with van der Waals surface area (Å²) < 4.78 is 16.1. The molecule has 0 unspecified atom stereocenters. The van der Waals surface area contributed by atoms with Crippen molar-refractivity contribution in [1.82, 2.24) is 0 Å². The van der Waals surface area contributed by atoms with Crippen LogP contribution in [-0.2, 0) is 9.59 Å². The summed E-state index contributed by atoms with van der Waals surface area (Å²) in [7, 11) is 0. The number of carbonyl (C=O) groups is 2. The summed E-state index contributed by atoms with van der Waals surface area (Å²) in [6.07, 6.45) is 0. The fourth-order valence-corrected chi connectivity index (χ4v) is 2.21. The van der Waals surface area contributed by atoms with E-state index >= 15 is 0 Å². The van der Waals surface area contributed by atoms with Gasteiger partial charge in [-0.15, -0.1) is 0 Å². The second-order valence-corrected chi connectivity index (χ2v) is 4.87. The zero-order valence-electron chi connectivity index (χ0n) is 13.1. The van der Waals surface area contributed by atoms with Crippen molar-refractivity contribution in [2.24, 2.45) is 0 Å². The first-order valence-corrected chi connectivity index (χ1v) is 6.99. The first kappa shape index (κ1) is 15.8. The SMILES string of the molecule is CCOc1cc(OC(C)=O)c2cc(C)ccc2c1OC(C)=O. The van der Waals surface area contributed by atoms with Gasteiger partial charge >= 0.3 is 11.9 Å². The molecule has 2 aromatic carbocycles. The highest BCUT2D eigenvalue weighted by atomic mass is 16.6. The van der Waals surface area contributed by atoms with Gasteiger partial charge in [0, 0.05) is 30.7 Å². The predicted octanol–water partition coefficient (Wildman–Crippen LogP) is 3.40. The Morgan fingerprint density at radius 1 is 0.955 bits per heavy atom. The van der Waals surface area contributed by atoms with Crippen molar-refractivity contribution >= 4 is 22.7 Å². The molecule has 116 valence electrons. The number of fused-ring (bicyclic) bond motifs is 1. The molecule has 0 N–H and O–H groups in total. The maximum atomic E-state index is 11.4. The molecular weight excluding hydrogens is 284 g/mol. The average molecular weight is 302 g/mol. The molecule has 0 saturated carbocycles. The first-order valence-electron chi connectivity index (χ1n) is 6.99. The van der Waals surface area contributed by atoms with E-state index in [1.807, 2.05) is 32.0 Å². The Kier molecular flexibility index (Phi) is 4.65. The first-order chi connectivity index (χ1) is 10.4. The van der Waals surface area contributed by atoms with Crippen LogP contribution >= 0.6 is 0 Å². The molecule has 0 aliphatic rings. The van der Waals surface area contributed by atoms with Crippen LogP contribution in [0.25, 0.3) is 10.8 Å². The van der Waals surface area contributed by atoms with E-state index in [2.05, 4.69) is 0 Å². The number of rotatable bonds is 4. The van der Waals surface area contributed by atoms with E-state index in [-0.39, 0.29) is 0 Å². The molecule has 22 heavy (non-hydrogen) atoms. The van der Waals surface area contributed by atoms with Gasteiger partial charge in [0.2, 0.25) is 0 Å². The van der Waals surface area contributed by atoms with Crippen molar-refractivity contribution in [3.8, 4) is 17.2 Å². The number of aryl methyl sites for hydroxylation is 1. The van der Waals surface area contributed by atoms with Gasteiger partial charge in [0.15, 0.2) is 11.5 Å². The van der Waals surface area contributed by atoms with E-state index < -0.39 is 11.9 Å². The maximum absolute atomic E-state index is 11.4. The van der Waals surface area contributed by atoms with Crippen LogP contribution in [0.2, 0.25) is 0 Å². The summed E-state index contributed by atoms with van der Waals surface area (Å²) in [4.78, 5) is 22.7. The normalized spacial score (nSPS) is 10.4. The van der Waals surface area contributed by atoms with E-state index in [9.17, 15) is 9.59 Å². The Morgan fingerprint density at radius 2 is 1.64 bits per heavy atom. The third kappa shape index (κ3) is 3.36. The molecule has 0 radical (unpaired) electrons. The van der Waals surface area contributed by atoms with Crippen molar-refractivity contribution in [3.05, 3.63) is 29.8 Å². The van der Waals surface area contributed by atoms with E-state index in [0.29, 0.717) is 34.6 Å². The quantitative estimate of drug-likeness (QED) is 0.640. The Hall–Kier alpha value is -2.56. The van der Waals surface area contributed by atoms with Gasteiger partial charge in [-0.2, -0.15) is 0 Å². The van der Waals surface area contributed by atoms with E-state index in [1.165, 1.54) is 13.8 Å². The van der Waals surface area contributed by atoms with Crippen LogP contribution < -0.4 is 14.2 Å². The Morgan fingerprint density at radius 3 is 2.23 bits per heavy atom. The van der Waals surface area contributed by atoms with Gasteiger partial charge in [0.05, 0.1) is 6.61 Å². The lowest BCUT2D eigenvalue weighted by Crippen LogP contribution is -2.07. The van der Waals surface area contributed by atoms with E-state index in [1.54, 1.807) is 6.07 Å². The van der Waals surface area contributed by atoms with Crippen molar-refractivity contribution in [3.63, 3.8) is 0 Å². The monoisotopic (exact) mass is 302 g/mol. The average Bonchev–Trinajstić information content (AvgIpc) is 2.42. The smallest absolute Gasteiger partial charge is 0.308 e. The summed E-state index contributed by atoms with van der Waals surface area (Å²) in [5, 5.41) is 1.35. The second kappa shape index (κ2) is 6.47. The van der Waals surface area contributed by atoms with E-state index in [0.717, 1.165) is 5.56 Å². The third-order valence-corrected chi connectivity index (χ3v) is 2.97. The van der Waals surface area contributed by atoms with Crippen molar-refractivity contribution in [1.29, 1.82) is 0 Å². The minimum Gasteiger partial charge on any atom is -0.490 e. The van der Waals surface area contributed by atoms with Crippen molar-refractivity contribution < 1.29 is 23.8 Å². The molecule has 0 bridgehead atoms. The van der Waals surface area contributed by atoms with Crippen molar-refractivity contribution in [2.45, 2.75) is 27.7 Å². The zero-order valence-corrected chi connectivity index (χ0v) is 13.1. The number of esters is 2. The summed E-state index contributed by atoms with van der Waals surface area (Å²) >= 11 is 0. The molecule has 0 atom stereocenters. The minimum atomic E-state index is -0.442. The Bertz CT molecular complexity index is 733. The molecule has 2 aromatic rings. The largest absolute Gasteiger partial charge is 0.490 e. The Labute approximate surface area is 128 Å². The van der Waals surface area contributed by atoms with Crippen molar-refractivity contribution in [2.75, 3.05) is 6.61 Å². The van der Waals surface area contributed by atoms with Crippen LogP contribution in [0.15, 0.2) is 24.3 Å². The van der Waals surface area contributed by atoms with Gasteiger partial charge in [-0.25, -0.2) is 0 Å². The van der Waals surface area contributed by atoms with Gasteiger partial charge in [0.1, 0.15) is 5.75 Å². The van der Waals surface area contributed by atoms with Crippen LogP contribution in [0.3, 0.4) is 0 Å². The summed E-state index contributed by atoms with van der Waals surface area (Å²) in [6, 6.07) is 7.16. The highest BCUT2D eigenvalue weighted by Gasteiger charge is 2.18. The standard InChI is InChI=1S/C17H18O5/c1-5-20-16-9-15(21-11(3)18)14-8-10(2)6-7-13(14)17(16)22-12(4)19/h6-9H,5H2,1-4H3. The van der Waals surface area contributed by atoms with Crippen LogP contribution in [-0.4, -0.2) is 18.5 Å². The molecular formula is C17H18O5. The molecule has 5 nitrogen and oxygen atoms in total. The second-order valence-electron chi connectivity index (χ2n) is 4.87. The molecule has 0 heterocycles. The lowest BCUT2D eigenvalue weighted by molar-refractivity contribution is -0.133. The lowest BCUT2D eigenvalue weighted by Gasteiger charge is -2.16. The molecule has 2 rings (SSSR count). The molecule has 0 amide bonds. The summed E-state index contributed by atoms with van der Waals surface area (Å²) in [6.45, 7) is 6.81. The number of carbonyl (C=O) groups excluding carboxylic acids is 2. The van der Waals surface area contributed by atoms with Crippen LogP contribution in [0.5, 0.6) is 17.2 Å². The highest BCUT2D eigenvalue weighted by Crippen LogP contribution is 2.42. The highest BCUT2D eigenvalue weighted by molar-refractivity contribution is 5.98. The molecule has 0 saturated heterocycles. The fraction of sp³-hybridized carbons (Fsp3) is 0.294. The minimum absolute atomic E-state index is 0.334. The number of hydrogen-bond donors (Lipinski definition) is 0. The van der Waals surface area contributed by atoms with Gasteiger partial charge in [-0.1, -0.05) is 17.7 Å². The summed E-state index contributed by atoms with van der Waals surface area (Å²) in [5.74, 6) is 0.213. The molecule has 0 aromatic heterocycles. The molecule has 5 heteroatoms. The number of hydrogen-bond acceptors (Lipinski definition) is 5. The van der Waals surface area contributed by atoms with Crippen LogP contribution in [0, 0.1) is 6.92 Å². The van der Waals surface area contributed by atoms with Gasteiger partial charge < -0.3 is 14.2 Å². The predicted molar refractivity (Wildman–Crippen MR) is 82.5 cm³/mol. The fourth-order valence-electron chi connectivity index (χ4n) is 2.21. The zero-order chi connectivity index (χ0) is 16.3. The Balaban J connectivity index is 2.76. The van der Waals surface area contributed by atoms with Crippen LogP contribution in [0.1, 0.15) is 26.3 Å². The summed E-state index contributed by atoms with van der Waals surface area (Å²) in [5.41, 5.74) is 0.999.